The fourth-order valence-electron chi connectivity index (χ4n) is 2.96. The van der Waals surface area contributed by atoms with E-state index in [0.29, 0.717) is 32.0 Å². The van der Waals surface area contributed by atoms with Gasteiger partial charge in [-0.15, -0.1) is 10.2 Å². The molecule has 134 valence electrons. The quantitative estimate of drug-likeness (QED) is 0.708. The van der Waals surface area contributed by atoms with Gasteiger partial charge in [0.05, 0.1) is 12.4 Å². The summed E-state index contributed by atoms with van der Waals surface area (Å²) in [6.45, 7) is 3.03. The third-order valence-electron chi connectivity index (χ3n) is 4.41. The van der Waals surface area contributed by atoms with E-state index in [4.69, 9.17) is 0 Å². The van der Waals surface area contributed by atoms with Crippen LogP contribution in [-0.4, -0.2) is 56.0 Å². The molecule has 0 bridgehead atoms. The van der Waals surface area contributed by atoms with Crippen LogP contribution in [0.5, 0.6) is 0 Å². The number of anilines is 1. The van der Waals surface area contributed by atoms with Gasteiger partial charge in [-0.25, -0.2) is 13.5 Å². The zero-order chi connectivity index (χ0) is 17.9. The van der Waals surface area contributed by atoms with E-state index in [-0.39, 0.29) is 12.1 Å². The number of halogens is 2. The maximum Gasteiger partial charge on any atom is 0.175 e. The van der Waals surface area contributed by atoms with Crippen molar-refractivity contribution in [2.24, 2.45) is 0 Å². The first-order chi connectivity index (χ1) is 12.7. The summed E-state index contributed by atoms with van der Waals surface area (Å²) in [5, 5.41) is 12.6. The van der Waals surface area contributed by atoms with Crippen LogP contribution in [0.2, 0.25) is 0 Å². The van der Waals surface area contributed by atoms with Gasteiger partial charge < -0.3 is 4.90 Å². The van der Waals surface area contributed by atoms with E-state index in [1.807, 2.05) is 23.1 Å². The van der Waals surface area contributed by atoms with Crippen LogP contribution in [0.4, 0.5) is 14.6 Å². The highest BCUT2D eigenvalue weighted by Crippen LogP contribution is 2.17. The molecule has 4 heterocycles. The zero-order valence-electron chi connectivity index (χ0n) is 14.0. The van der Waals surface area contributed by atoms with Crippen LogP contribution in [0.3, 0.4) is 0 Å². The minimum Gasteiger partial charge on any atom is -0.353 e. The minimum absolute atomic E-state index is 0.0665. The van der Waals surface area contributed by atoms with Crippen molar-refractivity contribution in [3.05, 3.63) is 60.2 Å². The van der Waals surface area contributed by atoms with Crippen molar-refractivity contribution in [2.45, 2.75) is 6.54 Å². The topological polar surface area (TPSA) is 63.0 Å². The van der Waals surface area contributed by atoms with Gasteiger partial charge in [-0.1, -0.05) is 0 Å². The van der Waals surface area contributed by atoms with Gasteiger partial charge in [0.25, 0.3) is 0 Å². The van der Waals surface area contributed by atoms with Crippen LogP contribution in [0.15, 0.2) is 43.0 Å². The maximum absolute atomic E-state index is 13.7. The zero-order valence-corrected chi connectivity index (χ0v) is 14.0. The molecule has 7 nitrogen and oxygen atoms in total. The van der Waals surface area contributed by atoms with E-state index in [9.17, 15) is 8.78 Å². The van der Waals surface area contributed by atoms with Crippen LogP contribution >= 0.6 is 0 Å². The standard InChI is InChI=1S/C17H17F2N7/c18-14-10-20-11-15(19)13(14)12-24-6-8-25(9-7-24)16-2-3-17(23-22-16)26-5-1-4-21-26/h1-5,10-11H,6-9,12H2. The Morgan fingerprint density at radius 2 is 1.62 bits per heavy atom. The van der Waals surface area contributed by atoms with Crippen molar-refractivity contribution in [3.8, 4) is 5.82 Å². The Balaban J connectivity index is 1.38. The molecule has 0 aromatic carbocycles. The summed E-state index contributed by atoms with van der Waals surface area (Å²) >= 11 is 0. The summed E-state index contributed by atoms with van der Waals surface area (Å²) in [6.07, 6.45) is 5.58. The average molecular weight is 357 g/mol. The average Bonchev–Trinajstić information content (AvgIpc) is 3.20. The molecule has 0 unspecified atom stereocenters. The summed E-state index contributed by atoms with van der Waals surface area (Å²) in [5.41, 5.74) is 0.0665. The SMILES string of the molecule is Fc1cncc(F)c1CN1CCN(c2ccc(-n3cccn3)nn2)CC1. The smallest absolute Gasteiger partial charge is 0.175 e. The predicted molar refractivity (Wildman–Crippen MR) is 90.8 cm³/mol. The van der Waals surface area contributed by atoms with Crippen LogP contribution in [0, 0.1) is 11.6 Å². The Morgan fingerprint density at radius 1 is 0.923 bits per heavy atom. The van der Waals surface area contributed by atoms with E-state index in [1.165, 1.54) is 0 Å². The monoisotopic (exact) mass is 357 g/mol. The molecule has 0 aliphatic carbocycles. The molecule has 1 saturated heterocycles. The molecule has 0 spiro atoms. The van der Waals surface area contributed by atoms with Crippen LogP contribution in [0.1, 0.15) is 5.56 Å². The largest absolute Gasteiger partial charge is 0.353 e. The highest BCUT2D eigenvalue weighted by Gasteiger charge is 2.21. The Bertz CT molecular complexity index is 839. The maximum atomic E-state index is 13.7. The number of pyridine rings is 1. The molecule has 0 radical (unpaired) electrons. The molecule has 0 N–H and O–H groups in total. The number of hydrogen-bond donors (Lipinski definition) is 0. The summed E-state index contributed by atoms with van der Waals surface area (Å²) in [7, 11) is 0. The van der Waals surface area contributed by atoms with Crippen molar-refractivity contribution in [1.29, 1.82) is 0 Å². The molecule has 0 amide bonds. The van der Waals surface area contributed by atoms with Gasteiger partial charge in [0.15, 0.2) is 11.6 Å². The number of rotatable bonds is 4. The van der Waals surface area contributed by atoms with Crippen LogP contribution < -0.4 is 4.90 Å². The normalized spacial score (nSPS) is 15.4. The molecule has 26 heavy (non-hydrogen) atoms. The molecule has 4 rings (SSSR count). The van der Waals surface area contributed by atoms with Crippen LogP contribution in [0.25, 0.3) is 5.82 Å². The summed E-state index contributed by atoms with van der Waals surface area (Å²) in [4.78, 5) is 7.64. The van der Waals surface area contributed by atoms with Crippen molar-refractivity contribution in [2.75, 3.05) is 31.1 Å². The molecular weight excluding hydrogens is 340 g/mol. The second-order valence-corrected chi connectivity index (χ2v) is 6.05. The lowest BCUT2D eigenvalue weighted by Gasteiger charge is -2.35. The second-order valence-electron chi connectivity index (χ2n) is 6.05. The van der Waals surface area contributed by atoms with Gasteiger partial charge in [-0.3, -0.25) is 9.88 Å². The predicted octanol–water partition coefficient (Wildman–Crippen LogP) is 1.66. The first kappa shape index (κ1) is 16.5. The number of nitrogens with zero attached hydrogens (tertiary/aromatic N) is 7. The van der Waals surface area contributed by atoms with Crippen molar-refractivity contribution >= 4 is 5.82 Å². The van der Waals surface area contributed by atoms with Gasteiger partial charge in [-0.2, -0.15) is 5.10 Å². The highest BCUT2D eigenvalue weighted by molar-refractivity contribution is 5.40. The first-order valence-corrected chi connectivity index (χ1v) is 8.29. The van der Waals surface area contributed by atoms with Gasteiger partial charge in [0.1, 0.15) is 11.6 Å². The van der Waals surface area contributed by atoms with Gasteiger partial charge >= 0.3 is 0 Å². The van der Waals surface area contributed by atoms with E-state index in [2.05, 4.69) is 25.2 Å². The fourth-order valence-corrected chi connectivity index (χ4v) is 2.96. The summed E-state index contributed by atoms with van der Waals surface area (Å²) in [5.74, 6) is 0.225. The molecule has 1 aliphatic rings. The third-order valence-corrected chi connectivity index (χ3v) is 4.41. The molecule has 0 atom stereocenters. The van der Waals surface area contributed by atoms with Crippen molar-refractivity contribution in [1.82, 2.24) is 29.9 Å². The lowest BCUT2D eigenvalue weighted by molar-refractivity contribution is 0.242. The second kappa shape index (κ2) is 7.12. The van der Waals surface area contributed by atoms with E-state index < -0.39 is 11.6 Å². The fraction of sp³-hybridized carbons (Fsp3) is 0.294. The van der Waals surface area contributed by atoms with Crippen molar-refractivity contribution < 1.29 is 8.78 Å². The summed E-state index contributed by atoms with van der Waals surface area (Å²) in [6, 6.07) is 5.59. The summed E-state index contributed by atoms with van der Waals surface area (Å²) < 4.78 is 29.1. The Kier molecular flexibility index (Phi) is 4.53. The molecule has 1 fully saturated rings. The molecule has 3 aromatic rings. The van der Waals surface area contributed by atoms with Crippen molar-refractivity contribution in [3.63, 3.8) is 0 Å². The molecule has 1 aliphatic heterocycles. The minimum atomic E-state index is -0.604. The highest BCUT2D eigenvalue weighted by atomic mass is 19.1. The Morgan fingerprint density at radius 3 is 2.23 bits per heavy atom. The molecule has 0 saturated carbocycles. The number of piperazine rings is 1. The van der Waals surface area contributed by atoms with Gasteiger partial charge in [-0.05, 0) is 18.2 Å². The number of hydrogen-bond acceptors (Lipinski definition) is 6. The van der Waals surface area contributed by atoms with Crippen LogP contribution in [-0.2, 0) is 6.54 Å². The Hall–Kier alpha value is -2.94. The first-order valence-electron chi connectivity index (χ1n) is 8.29. The number of aromatic nitrogens is 5. The lowest BCUT2D eigenvalue weighted by Crippen LogP contribution is -2.46. The van der Waals surface area contributed by atoms with Gasteiger partial charge in [0.2, 0.25) is 0 Å². The lowest BCUT2D eigenvalue weighted by atomic mass is 10.2. The third kappa shape index (κ3) is 3.38. The molecule has 9 heteroatoms. The van der Waals surface area contributed by atoms with E-state index >= 15 is 0 Å². The Labute approximate surface area is 148 Å². The van der Waals surface area contributed by atoms with E-state index in [0.717, 1.165) is 18.2 Å². The molecular formula is C17H17F2N7. The van der Waals surface area contributed by atoms with Gasteiger partial charge in [0, 0.05) is 50.7 Å². The molecule has 3 aromatic heterocycles. The van der Waals surface area contributed by atoms with E-state index in [1.54, 1.807) is 17.1 Å².